The first-order valence-corrected chi connectivity index (χ1v) is 6.76. The average molecular weight is 286 g/mol. The number of hydrogen-bond donors (Lipinski definition) is 0. The normalized spacial score (nSPS) is 10.2. The Morgan fingerprint density at radius 1 is 1.26 bits per heavy atom. The van der Waals surface area contributed by atoms with E-state index < -0.39 is 0 Å². The van der Waals surface area contributed by atoms with Gasteiger partial charge in [0.15, 0.2) is 11.5 Å². The molecule has 5 heteroatoms. The smallest absolute Gasteiger partial charge is 0.254 e. The van der Waals surface area contributed by atoms with Crippen molar-refractivity contribution >= 4 is 17.5 Å². The second kappa shape index (κ2) is 7.24. The summed E-state index contributed by atoms with van der Waals surface area (Å²) < 4.78 is 10.7. The van der Waals surface area contributed by atoms with E-state index in [-0.39, 0.29) is 5.91 Å². The summed E-state index contributed by atoms with van der Waals surface area (Å²) >= 11 is 6.13. The van der Waals surface area contributed by atoms with Gasteiger partial charge in [0.05, 0.1) is 18.7 Å². The van der Waals surface area contributed by atoms with Crippen LogP contribution in [0.15, 0.2) is 12.1 Å². The molecule has 0 spiro atoms. The van der Waals surface area contributed by atoms with Crippen LogP contribution in [-0.2, 0) is 0 Å². The van der Waals surface area contributed by atoms with Gasteiger partial charge in [0.25, 0.3) is 5.91 Å². The quantitative estimate of drug-likeness (QED) is 0.805. The summed E-state index contributed by atoms with van der Waals surface area (Å²) in [4.78, 5) is 14.0. The van der Waals surface area contributed by atoms with Crippen LogP contribution in [0.3, 0.4) is 0 Å². The first-order chi connectivity index (χ1) is 9.08. The van der Waals surface area contributed by atoms with E-state index in [1.165, 1.54) is 7.11 Å². The molecular formula is C14H20ClNO3. The molecule has 0 saturated heterocycles. The number of hydrogen-bond acceptors (Lipinski definition) is 3. The number of carbonyl (C=O) groups excluding carboxylic acids is 1. The third kappa shape index (κ3) is 3.53. The zero-order chi connectivity index (χ0) is 14.4. The summed E-state index contributed by atoms with van der Waals surface area (Å²) in [5, 5.41) is 0.379. The Hall–Kier alpha value is -1.42. The van der Waals surface area contributed by atoms with Crippen LogP contribution in [0.1, 0.15) is 31.1 Å². The minimum absolute atomic E-state index is 0.0597. The lowest BCUT2D eigenvalue weighted by Gasteiger charge is -2.20. The molecule has 0 fully saturated rings. The van der Waals surface area contributed by atoms with E-state index >= 15 is 0 Å². The first kappa shape index (κ1) is 15.6. The van der Waals surface area contributed by atoms with E-state index in [1.54, 1.807) is 17.0 Å². The molecular weight excluding hydrogens is 266 g/mol. The maximum absolute atomic E-state index is 12.3. The summed E-state index contributed by atoms with van der Waals surface area (Å²) in [5.41, 5.74) is 0.512. The first-order valence-electron chi connectivity index (χ1n) is 6.38. The third-order valence-corrected chi connectivity index (χ3v) is 3.09. The second-order valence-corrected chi connectivity index (χ2v) is 4.31. The molecule has 0 saturated carbocycles. The molecule has 1 aromatic rings. The summed E-state index contributed by atoms with van der Waals surface area (Å²) in [7, 11) is 1.52. The lowest BCUT2D eigenvalue weighted by Crippen LogP contribution is -2.30. The van der Waals surface area contributed by atoms with E-state index in [1.807, 2.05) is 20.8 Å². The third-order valence-electron chi connectivity index (χ3n) is 2.81. The number of halogens is 1. The van der Waals surface area contributed by atoms with Crippen molar-refractivity contribution in [3.8, 4) is 11.5 Å². The molecule has 0 N–H and O–H groups in total. The van der Waals surface area contributed by atoms with Crippen LogP contribution in [0.2, 0.25) is 5.02 Å². The fourth-order valence-electron chi connectivity index (χ4n) is 1.85. The summed E-state index contributed by atoms with van der Waals surface area (Å²) in [6, 6.07) is 3.29. The highest BCUT2D eigenvalue weighted by Crippen LogP contribution is 2.36. The molecule has 19 heavy (non-hydrogen) atoms. The Morgan fingerprint density at radius 2 is 1.89 bits per heavy atom. The van der Waals surface area contributed by atoms with Gasteiger partial charge in [0, 0.05) is 18.7 Å². The van der Waals surface area contributed by atoms with Gasteiger partial charge in [-0.1, -0.05) is 11.6 Å². The molecule has 106 valence electrons. The van der Waals surface area contributed by atoms with Crippen LogP contribution < -0.4 is 9.47 Å². The lowest BCUT2D eigenvalue weighted by molar-refractivity contribution is 0.0772. The molecule has 0 heterocycles. The number of rotatable bonds is 6. The summed E-state index contributed by atoms with van der Waals surface area (Å²) in [6.45, 7) is 7.54. The van der Waals surface area contributed by atoms with Crippen molar-refractivity contribution in [3.05, 3.63) is 22.7 Å². The van der Waals surface area contributed by atoms with Gasteiger partial charge < -0.3 is 14.4 Å². The number of ether oxygens (including phenoxy) is 2. The predicted octanol–water partition coefficient (Wildman–Crippen LogP) is 3.23. The molecule has 0 aliphatic carbocycles. The van der Waals surface area contributed by atoms with Crippen molar-refractivity contribution in [2.24, 2.45) is 0 Å². The molecule has 0 atom stereocenters. The molecule has 0 radical (unpaired) electrons. The van der Waals surface area contributed by atoms with Crippen molar-refractivity contribution in [1.29, 1.82) is 0 Å². The zero-order valence-electron chi connectivity index (χ0n) is 11.8. The van der Waals surface area contributed by atoms with Gasteiger partial charge in [0.1, 0.15) is 0 Å². The maximum atomic E-state index is 12.3. The highest BCUT2D eigenvalue weighted by Gasteiger charge is 2.18. The van der Waals surface area contributed by atoms with Crippen molar-refractivity contribution in [3.63, 3.8) is 0 Å². The molecule has 0 bridgehead atoms. The Kier molecular flexibility index (Phi) is 5.96. The maximum Gasteiger partial charge on any atom is 0.254 e. The van der Waals surface area contributed by atoms with E-state index in [2.05, 4.69) is 0 Å². The van der Waals surface area contributed by atoms with Gasteiger partial charge in [-0.25, -0.2) is 0 Å². The van der Waals surface area contributed by atoms with Crippen LogP contribution in [0.4, 0.5) is 0 Å². The number of carbonyl (C=O) groups is 1. The zero-order valence-corrected chi connectivity index (χ0v) is 12.6. The van der Waals surface area contributed by atoms with Gasteiger partial charge in [-0.15, -0.1) is 0 Å². The molecule has 0 aliphatic heterocycles. The second-order valence-electron chi connectivity index (χ2n) is 3.90. The SMILES string of the molecule is CCOc1cc(C(=O)N(CC)CC)cc(Cl)c1OC. The number of benzene rings is 1. The van der Waals surface area contributed by atoms with Crippen molar-refractivity contribution in [2.75, 3.05) is 26.8 Å². The van der Waals surface area contributed by atoms with E-state index in [4.69, 9.17) is 21.1 Å². The minimum atomic E-state index is -0.0597. The van der Waals surface area contributed by atoms with Crippen molar-refractivity contribution in [2.45, 2.75) is 20.8 Å². The van der Waals surface area contributed by atoms with Crippen LogP contribution in [0, 0.1) is 0 Å². The van der Waals surface area contributed by atoms with Crippen LogP contribution in [0.5, 0.6) is 11.5 Å². The molecule has 4 nitrogen and oxygen atoms in total. The van der Waals surface area contributed by atoms with Crippen molar-refractivity contribution in [1.82, 2.24) is 4.90 Å². The lowest BCUT2D eigenvalue weighted by atomic mass is 10.1. The van der Waals surface area contributed by atoms with Gasteiger partial charge >= 0.3 is 0 Å². The topological polar surface area (TPSA) is 38.8 Å². The molecule has 1 aromatic carbocycles. The fraction of sp³-hybridized carbons (Fsp3) is 0.500. The highest BCUT2D eigenvalue weighted by molar-refractivity contribution is 6.32. The van der Waals surface area contributed by atoms with Gasteiger partial charge in [0.2, 0.25) is 0 Å². The summed E-state index contributed by atoms with van der Waals surface area (Å²) in [5.74, 6) is 0.892. The minimum Gasteiger partial charge on any atom is -0.491 e. The van der Waals surface area contributed by atoms with E-state index in [0.29, 0.717) is 41.8 Å². The number of nitrogens with zero attached hydrogens (tertiary/aromatic N) is 1. The molecule has 0 unspecified atom stereocenters. The van der Waals surface area contributed by atoms with Gasteiger partial charge in [-0.05, 0) is 32.9 Å². The van der Waals surface area contributed by atoms with Crippen molar-refractivity contribution < 1.29 is 14.3 Å². The fourth-order valence-corrected chi connectivity index (χ4v) is 2.13. The van der Waals surface area contributed by atoms with E-state index in [9.17, 15) is 4.79 Å². The molecule has 0 aliphatic rings. The van der Waals surface area contributed by atoms with Crippen LogP contribution >= 0.6 is 11.6 Å². The summed E-state index contributed by atoms with van der Waals surface area (Å²) in [6.07, 6.45) is 0. The van der Waals surface area contributed by atoms with Gasteiger partial charge in [-0.2, -0.15) is 0 Å². The average Bonchev–Trinajstić information content (AvgIpc) is 2.40. The standard InChI is InChI=1S/C14H20ClNO3/c1-5-16(6-2)14(17)10-8-11(15)13(18-4)12(9-10)19-7-3/h8-9H,5-7H2,1-4H3. The Balaban J connectivity index is 3.19. The Labute approximate surface area is 119 Å². The van der Waals surface area contributed by atoms with Crippen LogP contribution in [-0.4, -0.2) is 37.6 Å². The Bertz CT molecular complexity index is 445. The van der Waals surface area contributed by atoms with Crippen LogP contribution in [0.25, 0.3) is 0 Å². The highest BCUT2D eigenvalue weighted by atomic mass is 35.5. The Morgan fingerprint density at radius 3 is 2.37 bits per heavy atom. The monoisotopic (exact) mass is 285 g/mol. The number of amides is 1. The molecule has 0 aromatic heterocycles. The van der Waals surface area contributed by atoms with Gasteiger partial charge in [-0.3, -0.25) is 4.79 Å². The predicted molar refractivity (Wildman–Crippen MR) is 76.4 cm³/mol. The molecule has 1 rings (SSSR count). The largest absolute Gasteiger partial charge is 0.491 e. The number of methoxy groups -OCH3 is 1. The molecule has 1 amide bonds. The van der Waals surface area contributed by atoms with E-state index in [0.717, 1.165) is 0 Å².